The molecule has 0 aliphatic carbocycles. The molecule has 3 rings (SSSR count). The SMILES string of the molecule is CCc1ccc(C(CNC(=O)c2ccc(=O)[nH]c2)N2CCOCC2)cc1. The van der Waals surface area contributed by atoms with Gasteiger partial charge in [-0.3, -0.25) is 14.5 Å². The minimum Gasteiger partial charge on any atom is -0.379 e. The molecule has 2 N–H and O–H groups in total. The largest absolute Gasteiger partial charge is 0.379 e. The molecular weight excluding hydrogens is 330 g/mol. The lowest BCUT2D eigenvalue weighted by molar-refractivity contribution is 0.0162. The number of benzene rings is 1. The Morgan fingerprint density at radius 2 is 1.92 bits per heavy atom. The zero-order valence-corrected chi connectivity index (χ0v) is 15.0. The summed E-state index contributed by atoms with van der Waals surface area (Å²) in [4.78, 5) is 28.4. The van der Waals surface area contributed by atoms with Gasteiger partial charge < -0.3 is 15.0 Å². The second kappa shape index (κ2) is 8.78. The van der Waals surface area contributed by atoms with E-state index in [4.69, 9.17) is 4.74 Å². The molecule has 1 aliphatic rings. The predicted molar refractivity (Wildman–Crippen MR) is 100 cm³/mol. The maximum atomic E-state index is 12.4. The van der Waals surface area contributed by atoms with Crippen LogP contribution in [0.3, 0.4) is 0 Å². The lowest BCUT2D eigenvalue weighted by Crippen LogP contribution is -2.43. The quantitative estimate of drug-likeness (QED) is 0.828. The van der Waals surface area contributed by atoms with Crippen molar-refractivity contribution in [1.82, 2.24) is 15.2 Å². The second-order valence-corrected chi connectivity index (χ2v) is 6.41. The average Bonchev–Trinajstić information content (AvgIpc) is 2.70. The van der Waals surface area contributed by atoms with Crippen molar-refractivity contribution < 1.29 is 9.53 Å². The van der Waals surface area contributed by atoms with Gasteiger partial charge in [-0.25, -0.2) is 0 Å². The summed E-state index contributed by atoms with van der Waals surface area (Å²) in [6.45, 7) is 5.74. The fraction of sp³-hybridized carbons (Fsp3) is 0.400. The topological polar surface area (TPSA) is 74.4 Å². The zero-order chi connectivity index (χ0) is 18.4. The summed E-state index contributed by atoms with van der Waals surface area (Å²) in [5, 5.41) is 3.00. The molecule has 1 amide bonds. The van der Waals surface area contributed by atoms with Crippen LogP contribution in [0.4, 0.5) is 0 Å². The summed E-state index contributed by atoms with van der Waals surface area (Å²) in [7, 11) is 0. The van der Waals surface area contributed by atoms with Gasteiger partial charge in [-0.1, -0.05) is 31.2 Å². The van der Waals surface area contributed by atoms with Crippen molar-refractivity contribution in [3.63, 3.8) is 0 Å². The first-order valence-electron chi connectivity index (χ1n) is 9.05. The van der Waals surface area contributed by atoms with E-state index >= 15 is 0 Å². The van der Waals surface area contributed by atoms with Crippen molar-refractivity contribution in [2.45, 2.75) is 19.4 Å². The summed E-state index contributed by atoms with van der Waals surface area (Å²) >= 11 is 0. The van der Waals surface area contributed by atoms with Crippen LogP contribution in [0.5, 0.6) is 0 Å². The Morgan fingerprint density at radius 3 is 2.54 bits per heavy atom. The summed E-state index contributed by atoms with van der Waals surface area (Å²) in [5.74, 6) is -0.190. The van der Waals surface area contributed by atoms with Gasteiger partial charge in [0.1, 0.15) is 0 Å². The highest BCUT2D eigenvalue weighted by atomic mass is 16.5. The summed E-state index contributed by atoms with van der Waals surface area (Å²) in [5.41, 5.74) is 2.72. The van der Waals surface area contributed by atoms with Crippen molar-refractivity contribution >= 4 is 5.91 Å². The van der Waals surface area contributed by atoms with E-state index in [9.17, 15) is 9.59 Å². The first-order valence-corrected chi connectivity index (χ1v) is 9.05. The van der Waals surface area contributed by atoms with Gasteiger partial charge in [-0.15, -0.1) is 0 Å². The first kappa shape index (κ1) is 18.4. The van der Waals surface area contributed by atoms with Crippen LogP contribution < -0.4 is 10.9 Å². The number of pyridine rings is 1. The molecule has 1 aromatic carbocycles. The van der Waals surface area contributed by atoms with Crippen LogP contribution in [0.25, 0.3) is 0 Å². The molecule has 138 valence electrons. The van der Waals surface area contributed by atoms with Crippen LogP contribution in [-0.4, -0.2) is 48.6 Å². The first-order chi connectivity index (χ1) is 12.7. The highest BCUT2D eigenvalue weighted by molar-refractivity contribution is 5.93. The van der Waals surface area contributed by atoms with E-state index in [0.29, 0.717) is 25.3 Å². The number of hydrogen-bond donors (Lipinski definition) is 2. The third kappa shape index (κ3) is 4.59. The Morgan fingerprint density at radius 1 is 1.19 bits per heavy atom. The third-order valence-corrected chi connectivity index (χ3v) is 4.76. The molecule has 2 aromatic rings. The predicted octanol–water partition coefficient (Wildman–Crippen LogP) is 1.74. The molecule has 0 spiro atoms. The van der Waals surface area contributed by atoms with Crippen molar-refractivity contribution in [3.8, 4) is 0 Å². The Kier molecular flexibility index (Phi) is 6.20. The number of H-pyrrole nitrogens is 1. The minimum atomic E-state index is -0.219. The molecule has 1 aliphatic heterocycles. The highest BCUT2D eigenvalue weighted by Gasteiger charge is 2.23. The van der Waals surface area contributed by atoms with E-state index in [1.165, 1.54) is 29.5 Å². The van der Waals surface area contributed by atoms with Crippen LogP contribution in [0.15, 0.2) is 47.4 Å². The maximum Gasteiger partial charge on any atom is 0.252 e. The number of aromatic nitrogens is 1. The Hall–Kier alpha value is -2.44. The monoisotopic (exact) mass is 355 g/mol. The molecule has 1 aromatic heterocycles. The number of carbonyl (C=O) groups is 1. The van der Waals surface area contributed by atoms with Crippen molar-refractivity contribution in [3.05, 3.63) is 69.6 Å². The number of nitrogens with zero attached hydrogens (tertiary/aromatic N) is 1. The van der Waals surface area contributed by atoms with E-state index in [-0.39, 0.29) is 17.5 Å². The number of amides is 1. The Labute approximate surface area is 153 Å². The molecule has 0 bridgehead atoms. The Bertz CT molecular complexity index is 759. The van der Waals surface area contributed by atoms with Crippen LogP contribution in [0, 0.1) is 0 Å². The molecule has 1 saturated heterocycles. The van der Waals surface area contributed by atoms with E-state index in [1.54, 1.807) is 0 Å². The number of aromatic amines is 1. The van der Waals surface area contributed by atoms with E-state index in [2.05, 4.69) is 46.4 Å². The summed E-state index contributed by atoms with van der Waals surface area (Å²) in [6, 6.07) is 11.6. The minimum absolute atomic E-state index is 0.0940. The molecule has 0 radical (unpaired) electrons. The van der Waals surface area contributed by atoms with Gasteiger partial charge in [0.2, 0.25) is 5.56 Å². The number of carbonyl (C=O) groups excluding carboxylic acids is 1. The molecule has 26 heavy (non-hydrogen) atoms. The summed E-state index contributed by atoms with van der Waals surface area (Å²) in [6.07, 6.45) is 2.45. The second-order valence-electron chi connectivity index (χ2n) is 6.41. The molecule has 6 nitrogen and oxygen atoms in total. The molecule has 0 saturated carbocycles. The van der Waals surface area contributed by atoms with Crippen molar-refractivity contribution in [2.24, 2.45) is 0 Å². The van der Waals surface area contributed by atoms with Gasteiger partial charge in [0.05, 0.1) is 24.8 Å². The number of hydrogen-bond acceptors (Lipinski definition) is 4. The zero-order valence-electron chi connectivity index (χ0n) is 15.0. The van der Waals surface area contributed by atoms with Gasteiger partial charge in [-0.2, -0.15) is 0 Å². The number of nitrogens with one attached hydrogen (secondary N) is 2. The molecule has 1 atom stereocenters. The van der Waals surface area contributed by atoms with Gasteiger partial charge in [-0.05, 0) is 23.6 Å². The highest BCUT2D eigenvalue weighted by Crippen LogP contribution is 2.22. The standard InChI is InChI=1S/C20H25N3O3/c1-2-15-3-5-16(6-4-15)18(23-9-11-26-12-10-23)14-22-20(25)17-7-8-19(24)21-13-17/h3-8,13,18H,2,9-12,14H2,1H3,(H,21,24)(H,22,25). The number of rotatable bonds is 6. The van der Waals surface area contributed by atoms with Crippen LogP contribution >= 0.6 is 0 Å². The molecule has 1 fully saturated rings. The van der Waals surface area contributed by atoms with Gasteiger partial charge in [0.25, 0.3) is 5.91 Å². The van der Waals surface area contributed by atoms with Gasteiger partial charge in [0, 0.05) is 31.9 Å². The number of aryl methyl sites for hydroxylation is 1. The van der Waals surface area contributed by atoms with Crippen LogP contribution in [0.1, 0.15) is 34.5 Å². The maximum absolute atomic E-state index is 12.4. The fourth-order valence-electron chi connectivity index (χ4n) is 3.17. The average molecular weight is 355 g/mol. The van der Waals surface area contributed by atoms with E-state index in [1.807, 2.05) is 0 Å². The molecule has 6 heteroatoms. The third-order valence-electron chi connectivity index (χ3n) is 4.76. The molecular formula is C20H25N3O3. The van der Waals surface area contributed by atoms with Crippen molar-refractivity contribution in [2.75, 3.05) is 32.8 Å². The lowest BCUT2D eigenvalue weighted by atomic mass is 10.0. The van der Waals surface area contributed by atoms with Gasteiger partial charge >= 0.3 is 0 Å². The molecule has 1 unspecified atom stereocenters. The normalized spacial score (nSPS) is 16.2. The lowest BCUT2D eigenvalue weighted by Gasteiger charge is -2.35. The van der Waals surface area contributed by atoms with E-state index < -0.39 is 0 Å². The smallest absolute Gasteiger partial charge is 0.252 e. The fourth-order valence-corrected chi connectivity index (χ4v) is 3.17. The Balaban J connectivity index is 1.73. The van der Waals surface area contributed by atoms with Crippen LogP contribution in [-0.2, 0) is 11.2 Å². The summed E-state index contributed by atoms with van der Waals surface area (Å²) < 4.78 is 5.47. The van der Waals surface area contributed by atoms with Crippen LogP contribution in [0.2, 0.25) is 0 Å². The number of morpholine rings is 1. The number of ether oxygens (including phenoxy) is 1. The van der Waals surface area contributed by atoms with E-state index in [0.717, 1.165) is 19.5 Å². The van der Waals surface area contributed by atoms with Crippen molar-refractivity contribution in [1.29, 1.82) is 0 Å². The van der Waals surface area contributed by atoms with Gasteiger partial charge in [0.15, 0.2) is 0 Å². The molecule has 2 heterocycles.